The molecule has 0 spiro atoms. The summed E-state index contributed by atoms with van der Waals surface area (Å²) in [6.07, 6.45) is 5.56. The summed E-state index contributed by atoms with van der Waals surface area (Å²) in [4.78, 5) is 13.3. The lowest BCUT2D eigenvalue weighted by Gasteiger charge is -2.26. The minimum atomic E-state index is -3.39. The first kappa shape index (κ1) is 21.3. The van der Waals surface area contributed by atoms with Crippen molar-refractivity contribution < 1.29 is 17.9 Å². The molecule has 2 aromatic rings. The van der Waals surface area contributed by atoms with Gasteiger partial charge >= 0.3 is 0 Å². The van der Waals surface area contributed by atoms with Crippen LogP contribution in [0.1, 0.15) is 43.6 Å². The number of nitrogens with zero attached hydrogens (tertiary/aromatic N) is 2. The molecular formula is C21H26ClN3O4S. The Kier molecular flexibility index (Phi) is 6.18. The molecule has 7 nitrogen and oxygen atoms in total. The quantitative estimate of drug-likeness (QED) is 0.695. The van der Waals surface area contributed by atoms with E-state index in [-0.39, 0.29) is 21.1 Å². The average molecular weight is 452 g/mol. The molecule has 9 heteroatoms. The highest BCUT2D eigenvalue weighted by atomic mass is 35.5. The van der Waals surface area contributed by atoms with Crippen LogP contribution in [0.3, 0.4) is 0 Å². The largest absolute Gasteiger partial charge is 0.381 e. The summed E-state index contributed by atoms with van der Waals surface area (Å²) in [5.41, 5.74) is 0.717. The molecule has 2 aliphatic rings. The summed E-state index contributed by atoms with van der Waals surface area (Å²) in [5.74, 6) is 0.213. The molecule has 0 bridgehead atoms. The van der Waals surface area contributed by atoms with Gasteiger partial charge in [-0.2, -0.15) is 5.10 Å². The van der Waals surface area contributed by atoms with E-state index in [2.05, 4.69) is 10.4 Å². The van der Waals surface area contributed by atoms with Gasteiger partial charge in [0.25, 0.3) is 0 Å². The molecule has 1 amide bonds. The highest BCUT2D eigenvalue weighted by molar-refractivity contribution is 7.92. The Morgan fingerprint density at radius 3 is 2.60 bits per heavy atom. The predicted molar refractivity (Wildman–Crippen MR) is 114 cm³/mol. The Bertz CT molecular complexity index is 1030. The average Bonchev–Trinajstić information content (AvgIpc) is 3.50. The van der Waals surface area contributed by atoms with Gasteiger partial charge in [-0.3, -0.25) is 9.48 Å². The molecule has 1 aromatic carbocycles. The first-order valence-electron chi connectivity index (χ1n) is 10.3. The van der Waals surface area contributed by atoms with Crippen molar-refractivity contribution in [1.29, 1.82) is 0 Å². The van der Waals surface area contributed by atoms with Gasteiger partial charge in [0, 0.05) is 32.5 Å². The third-order valence-electron chi connectivity index (χ3n) is 5.82. The molecule has 162 valence electrons. The van der Waals surface area contributed by atoms with Crippen LogP contribution in [-0.4, -0.2) is 42.6 Å². The number of sulfone groups is 1. The Labute approximate surface area is 181 Å². The molecule has 2 fully saturated rings. The van der Waals surface area contributed by atoms with Crippen LogP contribution in [0.25, 0.3) is 0 Å². The van der Waals surface area contributed by atoms with Crippen LogP contribution >= 0.6 is 11.6 Å². The fraction of sp³-hybridized carbons (Fsp3) is 0.524. The molecule has 1 aromatic heterocycles. The highest BCUT2D eigenvalue weighted by Crippen LogP contribution is 2.38. The molecule has 1 aliphatic carbocycles. The number of hydrogen-bond acceptors (Lipinski definition) is 5. The van der Waals surface area contributed by atoms with Crippen molar-refractivity contribution in [1.82, 2.24) is 9.78 Å². The van der Waals surface area contributed by atoms with Crippen molar-refractivity contribution in [2.45, 2.75) is 48.2 Å². The lowest BCUT2D eigenvalue weighted by Crippen LogP contribution is -2.26. The third kappa shape index (κ3) is 4.71. The molecule has 0 unspecified atom stereocenters. The minimum Gasteiger partial charge on any atom is -0.381 e. The van der Waals surface area contributed by atoms with Gasteiger partial charge in [-0.1, -0.05) is 17.7 Å². The van der Waals surface area contributed by atoms with E-state index in [0.717, 1.165) is 18.4 Å². The lowest BCUT2D eigenvalue weighted by atomic mass is 9.84. The van der Waals surface area contributed by atoms with Crippen LogP contribution in [0.15, 0.2) is 35.4 Å². The SMILES string of the molecule is Cn1ccc(NC(=O)[C@H](CC2CCOCC2)c2ccc(S(=O)(=O)C3CC3)c(Cl)c2)n1. The van der Waals surface area contributed by atoms with Gasteiger partial charge in [-0.25, -0.2) is 8.42 Å². The van der Waals surface area contributed by atoms with Crippen molar-refractivity contribution in [2.75, 3.05) is 18.5 Å². The van der Waals surface area contributed by atoms with E-state index in [1.165, 1.54) is 0 Å². The summed E-state index contributed by atoms with van der Waals surface area (Å²) in [5, 5.41) is 6.96. The maximum absolute atomic E-state index is 13.2. The molecule has 1 atom stereocenters. The van der Waals surface area contributed by atoms with Gasteiger partial charge in [0.15, 0.2) is 15.7 Å². The number of carbonyl (C=O) groups is 1. The second-order valence-corrected chi connectivity index (χ2v) is 10.7. The molecule has 1 saturated carbocycles. The maximum Gasteiger partial charge on any atom is 0.233 e. The third-order valence-corrected chi connectivity index (χ3v) is 8.56. The topological polar surface area (TPSA) is 90.3 Å². The molecular weight excluding hydrogens is 426 g/mol. The lowest BCUT2D eigenvalue weighted by molar-refractivity contribution is -0.118. The second kappa shape index (κ2) is 8.69. The number of hydrogen-bond donors (Lipinski definition) is 1. The van der Waals surface area contributed by atoms with Crippen LogP contribution in [-0.2, 0) is 26.4 Å². The molecule has 1 aliphatic heterocycles. The fourth-order valence-corrected chi connectivity index (χ4v) is 6.14. The van der Waals surface area contributed by atoms with E-state index in [4.69, 9.17) is 16.3 Å². The number of amides is 1. The second-order valence-electron chi connectivity index (χ2n) is 8.14. The number of halogens is 1. The van der Waals surface area contributed by atoms with E-state index in [1.54, 1.807) is 42.2 Å². The fourth-order valence-electron chi connectivity index (χ4n) is 3.93. The Balaban J connectivity index is 1.60. The zero-order chi connectivity index (χ0) is 21.3. The zero-order valence-corrected chi connectivity index (χ0v) is 18.5. The summed E-state index contributed by atoms with van der Waals surface area (Å²) in [6, 6.07) is 6.65. The van der Waals surface area contributed by atoms with Gasteiger partial charge in [-0.05, 0) is 55.7 Å². The van der Waals surface area contributed by atoms with Crippen LogP contribution in [0.5, 0.6) is 0 Å². The maximum atomic E-state index is 13.2. The summed E-state index contributed by atoms with van der Waals surface area (Å²) >= 11 is 6.39. The van der Waals surface area contributed by atoms with Crippen molar-refractivity contribution >= 4 is 33.2 Å². The number of ether oxygens (including phenoxy) is 1. The Morgan fingerprint density at radius 2 is 2.00 bits per heavy atom. The van der Waals surface area contributed by atoms with Crippen molar-refractivity contribution in [3.8, 4) is 0 Å². The predicted octanol–water partition coefficient (Wildman–Crippen LogP) is 3.55. The van der Waals surface area contributed by atoms with Crippen molar-refractivity contribution in [2.24, 2.45) is 13.0 Å². The number of nitrogens with one attached hydrogen (secondary N) is 1. The Hall–Kier alpha value is -1.90. The molecule has 1 saturated heterocycles. The van der Waals surface area contributed by atoms with E-state index >= 15 is 0 Å². The molecule has 2 heterocycles. The Morgan fingerprint density at radius 1 is 1.27 bits per heavy atom. The molecule has 30 heavy (non-hydrogen) atoms. The number of aryl methyl sites for hydroxylation is 1. The van der Waals surface area contributed by atoms with Crippen LogP contribution in [0.4, 0.5) is 5.82 Å². The minimum absolute atomic E-state index is 0.158. The normalized spacial score (nSPS) is 18.9. The van der Waals surface area contributed by atoms with Crippen LogP contribution in [0, 0.1) is 5.92 Å². The van der Waals surface area contributed by atoms with E-state index < -0.39 is 15.8 Å². The number of aromatic nitrogens is 2. The van der Waals surface area contributed by atoms with Gasteiger partial charge in [0.1, 0.15) is 0 Å². The summed E-state index contributed by atoms with van der Waals surface area (Å²) in [6.45, 7) is 1.39. The zero-order valence-electron chi connectivity index (χ0n) is 16.9. The van der Waals surface area contributed by atoms with Crippen LogP contribution < -0.4 is 5.32 Å². The summed E-state index contributed by atoms with van der Waals surface area (Å²) in [7, 11) is -1.61. The molecule has 0 radical (unpaired) electrons. The van der Waals surface area contributed by atoms with Gasteiger partial charge < -0.3 is 10.1 Å². The smallest absolute Gasteiger partial charge is 0.233 e. The monoisotopic (exact) mass is 451 g/mol. The van der Waals surface area contributed by atoms with Gasteiger partial charge in [0.05, 0.1) is 21.1 Å². The van der Waals surface area contributed by atoms with E-state index in [9.17, 15) is 13.2 Å². The number of anilines is 1. The van der Waals surface area contributed by atoms with Gasteiger partial charge in [0.2, 0.25) is 5.91 Å². The number of carbonyl (C=O) groups excluding carboxylic acids is 1. The standard InChI is InChI=1S/C21H26ClN3O4S/c1-25-9-6-20(24-25)23-21(26)17(12-14-7-10-29-11-8-14)15-2-5-19(18(22)13-15)30(27,28)16-3-4-16/h2,5-6,9,13-14,16-17H,3-4,7-8,10-12H2,1H3,(H,23,24,26)/t17-/m1/s1. The van der Waals surface area contributed by atoms with E-state index in [1.807, 2.05) is 0 Å². The first-order valence-corrected chi connectivity index (χ1v) is 12.2. The van der Waals surface area contributed by atoms with Crippen LogP contribution in [0.2, 0.25) is 5.02 Å². The highest BCUT2D eigenvalue weighted by Gasteiger charge is 2.38. The van der Waals surface area contributed by atoms with Crippen molar-refractivity contribution in [3.63, 3.8) is 0 Å². The summed E-state index contributed by atoms with van der Waals surface area (Å²) < 4.78 is 32.3. The van der Waals surface area contributed by atoms with Crippen molar-refractivity contribution in [3.05, 3.63) is 41.0 Å². The number of rotatable bonds is 7. The van der Waals surface area contributed by atoms with E-state index in [0.29, 0.717) is 44.2 Å². The molecule has 1 N–H and O–H groups in total. The number of benzene rings is 1. The molecule has 4 rings (SSSR count). The first-order chi connectivity index (χ1) is 14.3. The van der Waals surface area contributed by atoms with Gasteiger partial charge in [-0.15, -0.1) is 0 Å².